The number of carbonyl (C=O) groups excluding carboxylic acids is 3. The highest BCUT2D eigenvalue weighted by Crippen LogP contribution is 2.43. The molecule has 2 N–H and O–H groups in total. The number of nitrogens with zero attached hydrogens (tertiary/aromatic N) is 7. The number of aryl methyl sites for hydroxylation is 1. The van der Waals surface area contributed by atoms with E-state index in [1.165, 1.54) is 41.8 Å². The van der Waals surface area contributed by atoms with E-state index in [4.69, 9.17) is 5.73 Å². The molecule has 1 fully saturated rings. The number of rotatable bonds is 7. The molecule has 1 saturated heterocycles. The van der Waals surface area contributed by atoms with Gasteiger partial charge in [-0.2, -0.15) is 5.01 Å². The van der Waals surface area contributed by atoms with E-state index >= 15 is 0 Å². The van der Waals surface area contributed by atoms with Crippen molar-refractivity contribution in [1.82, 2.24) is 24.5 Å². The number of nitrogens with two attached hydrogens (primary N) is 1. The third-order valence-corrected chi connectivity index (χ3v) is 10.3. The lowest BCUT2D eigenvalue weighted by Gasteiger charge is -2.44. The second-order valence-electron chi connectivity index (χ2n) is 13.1. The number of benzene rings is 3. The van der Waals surface area contributed by atoms with Gasteiger partial charge in [-0.15, -0.1) is 10.2 Å². The van der Waals surface area contributed by atoms with E-state index in [1.54, 1.807) is 4.90 Å². The van der Waals surface area contributed by atoms with Crippen molar-refractivity contribution in [3.05, 3.63) is 88.2 Å². The fraction of sp³-hybridized carbons (Fsp3) is 0.324. The normalized spacial score (nSPS) is 18.0. The number of anilines is 2. The van der Waals surface area contributed by atoms with Crippen LogP contribution in [0.4, 0.5) is 16.2 Å². The number of hydrogen-bond donors (Lipinski definition) is 1. The van der Waals surface area contributed by atoms with Crippen LogP contribution in [0, 0.1) is 6.92 Å². The molecule has 0 saturated carbocycles. The van der Waals surface area contributed by atoms with E-state index in [1.807, 2.05) is 48.6 Å². The Morgan fingerprint density at radius 2 is 1.71 bits per heavy atom. The van der Waals surface area contributed by atoms with Crippen LogP contribution in [0.2, 0.25) is 0 Å². The van der Waals surface area contributed by atoms with E-state index in [-0.39, 0.29) is 11.9 Å². The Morgan fingerprint density at radius 3 is 2.41 bits per heavy atom. The number of fused-ring (bicyclic) bond motifs is 4. The third-order valence-electron chi connectivity index (χ3n) is 9.80. The van der Waals surface area contributed by atoms with Gasteiger partial charge in [0.05, 0.1) is 11.6 Å². The predicted molar refractivity (Wildman–Crippen MR) is 194 cm³/mol. The number of carbonyl (C=O) groups is 3. The number of hydrazine groups is 1. The number of primary amides is 1. The highest BCUT2D eigenvalue weighted by Gasteiger charge is 2.39. The predicted octanol–water partition coefficient (Wildman–Crippen LogP) is 6.75. The molecule has 3 aromatic carbocycles. The summed E-state index contributed by atoms with van der Waals surface area (Å²) >= 11 is 3.55. The van der Waals surface area contributed by atoms with E-state index in [9.17, 15) is 14.4 Å². The number of urea groups is 1. The van der Waals surface area contributed by atoms with Crippen LogP contribution in [0.1, 0.15) is 62.5 Å². The largest absolute Gasteiger partial charge is 0.350 e. The van der Waals surface area contributed by atoms with Gasteiger partial charge in [-0.3, -0.25) is 18.9 Å². The number of halogens is 1. The first kappa shape index (κ1) is 32.7. The fourth-order valence-corrected chi connectivity index (χ4v) is 7.95. The van der Waals surface area contributed by atoms with Crippen LogP contribution in [0.15, 0.2) is 71.2 Å². The van der Waals surface area contributed by atoms with Crippen LogP contribution in [0.5, 0.6) is 0 Å². The molecule has 0 aliphatic carbocycles. The standard InChI is InChI=1S/C37H39BrN8O3/c1-23-17-34(31-20-30(38)12-14-33(31)44(23)25(3)48)43(22-47)46(37(39)49)35-19-29-18-28(11-13-32(29)45-24(2)40-41-36(35)45)27-9-7-26(8-10-27)21-42-15-5-4-6-16-42/h7-14,18-20,22-23,34H,4-6,15-17,21H2,1-3H3,(H2,39,49). The molecule has 4 amide bonds. The molecular weight excluding hydrogens is 684 g/mol. The van der Waals surface area contributed by atoms with Crippen molar-refractivity contribution in [2.75, 3.05) is 23.0 Å². The third kappa shape index (κ3) is 6.04. The summed E-state index contributed by atoms with van der Waals surface area (Å²) in [4.78, 5) is 43.4. The minimum Gasteiger partial charge on any atom is -0.350 e. The molecule has 2 atom stereocenters. The zero-order chi connectivity index (χ0) is 34.4. The molecule has 0 bridgehead atoms. The second-order valence-corrected chi connectivity index (χ2v) is 14.0. The summed E-state index contributed by atoms with van der Waals surface area (Å²) in [7, 11) is 0. The molecule has 2 aliphatic rings. The van der Waals surface area contributed by atoms with Gasteiger partial charge in [0.15, 0.2) is 5.65 Å². The first-order valence-electron chi connectivity index (χ1n) is 16.7. The summed E-state index contributed by atoms with van der Waals surface area (Å²) in [6, 6.07) is 20.5. The molecule has 2 unspecified atom stereocenters. The molecule has 2 aliphatic heterocycles. The Hall–Kier alpha value is -4.81. The van der Waals surface area contributed by atoms with Crippen LogP contribution in [0.3, 0.4) is 0 Å². The van der Waals surface area contributed by atoms with Gasteiger partial charge in [-0.25, -0.2) is 9.80 Å². The number of hydrogen-bond acceptors (Lipinski definition) is 6. The van der Waals surface area contributed by atoms with Crippen LogP contribution in [-0.4, -0.2) is 62.0 Å². The van der Waals surface area contributed by atoms with Crippen molar-refractivity contribution >= 4 is 62.2 Å². The van der Waals surface area contributed by atoms with Crippen molar-refractivity contribution in [3.63, 3.8) is 0 Å². The second kappa shape index (κ2) is 13.2. The van der Waals surface area contributed by atoms with Gasteiger partial charge in [-0.1, -0.05) is 52.7 Å². The van der Waals surface area contributed by atoms with Crippen LogP contribution in [0.25, 0.3) is 27.7 Å². The zero-order valence-electron chi connectivity index (χ0n) is 27.8. The highest BCUT2D eigenvalue weighted by molar-refractivity contribution is 9.10. The maximum atomic E-state index is 13.4. The number of pyridine rings is 1. The Labute approximate surface area is 293 Å². The average Bonchev–Trinajstić information content (AvgIpc) is 3.48. The molecule has 5 aromatic rings. The van der Waals surface area contributed by atoms with Gasteiger partial charge in [0, 0.05) is 40.6 Å². The van der Waals surface area contributed by atoms with Gasteiger partial charge in [0.1, 0.15) is 11.5 Å². The lowest BCUT2D eigenvalue weighted by Crippen LogP contribution is -2.54. The maximum absolute atomic E-state index is 13.4. The van der Waals surface area contributed by atoms with Crippen LogP contribution in [-0.2, 0) is 16.1 Å². The summed E-state index contributed by atoms with van der Waals surface area (Å²) in [5, 5.41) is 12.1. The quantitative estimate of drug-likeness (QED) is 0.147. The summed E-state index contributed by atoms with van der Waals surface area (Å²) in [6.07, 6.45) is 4.83. The molecule has 0 radical (unpaired) electrons. The fourth-order valence-electron chi connectivity index (χ4n) is 7.57. The van der Waals surface area contributed by atoms with Crippen molar-refractivity contribution < 1.29 is 14.4 Å². The van der Waals surface area contributed by atoms with E-state index in [0.717, 1.165) is 46.1 Å². The number of likely N-dealkylation sites (tertiary alicyclic amines) is 1. The summed E-state index contributed by atoms with van der Waals surface area (Å²) in [5.74, 6) is 0.512. The number of amides is 4. The summed E-state index contributed by atoms with van der Waals surface area (Å²) in [6.45, 7) is 8.54. The highest BCUT2D eigenvalue weighted by atomic mass is 79.9. The van der Waals surface area contributed by atoms with Gasteiger partial charge >= 0.3 is 6.03 Å². The van der Waals surface area contributed by atoms with Crippen molar-refractivity contribution in [2.45, 2.75) is 65.1 Å². The average molecular weight is 724 g/mol. The molecule has 2 aromatic heterocycles. The first-order valence-corrected chi connectivity index (χ1v) is 17.5. The molecular formula is C37H39BrN8O3. The molecule has 0 spiro atoms. The minimum absolute atomic E-state index is 0.110. The number of aromatic nitrogens is 3. The van der Waals surface area contributed by atoms with Gasteiger partial charge < -0.3 is 10.6 Å². The van der Waals surface area contributed by atoms with Gasteiger partial charge in [0.25, 0.3) is 0 Å². The molecule has 252 valence electrons. The van der Waals surface area contributed by atoms with Crippen molar-refractivity contribution in [3.8, 4) is 11.1 Å². The van der Waals surface area contributed by atoms with Crippen LogP contribution >= 0.6 is 15.9 Å². The van der Waals surface area contributed by atoms with Crippen molar-refractivity contribution in [2.24, 2.45) is 5.73 Å². The Bertz CT molecular complexity index is 2070. The molecule has 12 heteroatoms. The number of piperidine rings is 1. The topological polar surface area (TPSA) is 120 Å². The van der Waals surface area contributed by atoms with Gasteiger partial charge in [-0.05, 0) is 99.3 Å². The molecule has 7 rings (SSSR count). The van der Waals surface area contributed by atoms with E-state index in [2.05, 4.69) is 67.4 Å². The first-order chi connectivity index (χ1) is 23.6. The molecule has 11 nitrogen and oxygen atoms in total. The van der Waals surface area contributed by atoms with E-state index < -0.39 is 12.1 Å². The Morgan fingerprint density at radius 1 is 0.980 bits per heavy atom. The smallest absolute Gasteiger partial charge is 0.338 e. The Balaban J connectivity index is 1.31. The monoisotopic (exact) mass is 722 g/mol. The lowest BCUT2D eigenvalue weighted by atomic mass is 9.91. The van der Waals surface area contributed by atoms with Crippen molar-refractivity contribution in [1.29, 1.82) is 0 Å². The Kier molecular flexibility index (Phi) is 8.84. The molecule has 4 heterocycles. The summed E-state index contributed by atoms with van der Waals surface area (Å²) in [5.41, 5.74) is 12.4. The van der Waals surface area contributed by atoms with E-state index in [0.29, 0.717) is 41.2 Å². The minimum atomic E-state index is -0.854. The maximum Gasteiger partial charge on any atom is 0.338 e. The zero-order valence-corrected chi connectivity index (χ0v) is 29.4. The molecule has 49 heavy (non-hydrogen) atoms. The lowest BCUT2D eigenvalue weighted by molar-refractivity contribution is -0.120. The van der Waals surface area contributed by atoms with Crippen LogP contribution < -0.4 is 15.6 Å². The SMILES string of the molecule is CC(=O)N1c2ccc(Br)cc2C(N(C=O)N(C(N)=O)c2cc3cc(-c4ccc(CN5CCCCC5)cc4)ccc3n3c(C)nnc23)CC1C. The summed E-state index contributed by atoms with van der Waals surface area (Å²) < 4.78 is 2.65. The van der Waals surface area contributed by atoms with Gasteiger partial charge in [0.2, 0.25) is 12.3 Å².